The third-order valence-corrected chi connectivity index (χ3v) is 6.42. The summed E-state index contributed by atoms with van der Waals surface area (Å²) in [6, 6.07) is 6.77. The monoisotopic (exact) mass is 465 g/mol. The van der Waals surface area contributed by atoms with Crippen LogP contribution in [0.15, 0.2) is 62.3 Å². The van der Waals surface area contributed by atoms with Gasteiger partial charge in [-0.2, -0.15) is 0 Å². The minimum Gasteiger partial charge on any atom is -0.468 e. The zero-order valence-electron chi connectivity index (χ0n) is 19.6. The normalized spacial score (nSPS) is 22.4. The van der Waals surface area contributed by atoms with Gasteiger partial charge in [-0.25, -0.2) is 4.79 Å². The van der Waals surface area contributed by atoms with Crippen LogP contribution in [-0.2, 0) is 23.9 Å². The van der Waals surface area contributed by atoms with Crippen molar-refractivity contribution in [2.45, 2.75) is 39.5 Å². The maximum absolute atomic E-state index is 13.7. The zero-order valence-corrected chi connectivity index (χ0v) is 19.6. The van der Waals surface area contributed by atoms with Gasteiger partial charge in [0.2, 0.25) is 0 Å². The lowest BCUT2D eigenvalue weighted by Gasteiger charge is -2.37. The van der Waals surface area contributed by atoms with E-state index in [1.165, 1.54) is 13.4 Å². The van der Waals surface area contributed by atoms with E-state index in [-0.39, 0.29) is 34.7 Å². The van der Waals surface area contributed by atoms with Crippen molar-refractivity contribution in [2.75, 3.05) is 13.7 Å². The molecule has 1 aliphatic carbocycles. The second-order valence-corrected chi connectivity index (χ2v) is 8.69. The fourth-order valence-electron chi connectivity index (χ4n) is 4.83. The Balaban J connectivity index is 1.95. The van der Waals surface area contributed by atoms with Crippen molar-refractivity contribution in [1.82, 2.24) is 5.32 Å². The number of hydrogen-bond donors (Lipinski definition) is 1. The number of carbonyl (C=O) groups is 3. The van der Waals surface area contributed by atoms with E-state index in [0.29, 0.717) is 35.2 Å². The molecule has 0 saturated carbocycles. The van der Waals surface area contributed by atoms with Crippen LogP contribution in [0.5, 0.6) is 0 Å². The topological polar surface area (TPSA) is 112 Å². The number of dihydropyridines is 1. The predicted octanol–water partition coefficient (Wildman–Crippen LogP) is 3.36. The van der Waals surface area contributed by atoms with Gasteiger partial charge in [-0.3, -0.25) is 14.4 Å². The highest BCUT2D eigenvalue weighted by atomic mass is 16.5. The Labute approximate surface area is 196 Å². The third-order valence-electron chi connectivity index (χ3n) is 6.42. The molecule has 4 rings (SSSR count). The number of allylic oxidation sites excluding steroid dienone is 3. The van der Waals surface area contributed by atoms with Crippen LogP contribution >= 0.6 is 0 Å². The summed E-state index contributed by atoms with van der Waals surface area (Å²) in [5.74, 6) is -4.13. The average molecular weight is 466 g/mol. The summed E-state index contributed by atoms with van der Waals surface area (Å²) in [6.07, 6.45) is 2.29. The molecule has 1 aliphatic heterocycles. The van der Waals surface area contributed by atoms with Gasteiger partial charge in [0.15, 0.2) is 11.2 Å². The molecule has 3 atom stereocenters. The number of carbonyl (C=O) groups excluding carboxylic acids is 3. The molecule has 2 aliphatic rings. The van der Waals surface area contributed by atoms with Crippen molar-refractivity contribution < 1.29 is 28.3 Å². The number of rotatable bonds is 5. The molecule has 0 spiro atoms. The molecule has 2 heterocycles. The largest absolute Gasteiger partial charge is 0.468 e. The van der Waals surface area contributed by atoms with Crippen LogP contribution in [-0.4, -0.2) is 31.4 Å². The molecular formula is C26H27NO7. The van der Waals surface area contributed by atoms with Crippen LogP contribution in [0, 0.1) is 11.8 Å². The number of nitrogens with one attached hydrogen (secondary N) is 1. The molecule has 8 heteroatoms. The van der Waals surface area contributed by atoms with Gasteiger partial charge in [-0.1, -0.05) is 26.0 Å². The van der Waals surface area contributed by atoms with E-state index < -0.39 is 29.6 Å². The SMILES string of the molecule is CCCOC(=O)C1=C(C)NC2=C(C(=O)[C@H](C(=O)OC)[C@@H](C)C2)[C@@H]1c1coc2ccccc2c1=O. The Kier molecular flexibility index (Phi) is 6.41. The Morgan fingerprint density at radius 2 is 1.94 bits per heavy atom. The van der Waals surface area contributed by atoms with Gasteiger partial charge < -0.3 is 19.2 Å². The highest BCUT2D eigenvalue weighted by molar-refractivity contribution is 6.12. The molecule has 34 heavy (non-hydrogen) atoms. The van der Waals surface area contributed by atoms with Gasteiger partial charge >= 0.3 is 11.9 Å². The smallest absolute Gasteiger partial charge is 0.336 e. The van der Waals surface area contributed by atoms with E-state index in [9.17, 15) is 19.2 Å². The van der Waals surface area contributed by atoms with Gasteiger partial charge in [-0.05, 0) is 37.8 Å². The minimum absolute atomic E-state index is 0.141. The van der Waals surface area contributed by atoms with Crippen molar-refractivity contribution in [2.24, 2.45) is 11.8 Å². The molecule has 2 aromatic rings. The highest BCUT2D eigenvalue weighted by Gasteiger charge is 2.48. The van der Waals surface area contributed by atoms with E-state index in [2.05, 4.69) is 5.32 Å². The Bertz CT molecular complexity index is 1300. The Morgan fingerprint density at radius 1 is 1.21 bits per heavy atom. The van der Waals surface area contributed by atoms with Gasteiger partial charge in [0.05, 0.1) is 36.9 Å². The molecule has 0 amide bonds. The molecule has 1 aromatic carbocycles. The summed E-state index contributed by atoms with van der Waals surface area (Å²) < 4.78 is 16.0. The molecule has 0 unspecified atom stereocenters. The number of esters is 2. The molecule has 8 nitrogen and oxygen atoms in total. The van der Waals surface area contributed by atoms with Crippen LogP contribution in [0.2, 0.25) is 0 Å². The summed E-state index contributed by atoms with van der Waals surface area (Å²) in [7, 11) is 1.23. The third kappa shape index (κ3) is 3.83. The van der Waals surface area contributed by atoms with Crippen molar-refractivity contribution in [1.29, 1.82) is 0 Å². The first-order valence-corrected chi connectivity index (χ1v) is 11.3. The summed E-state index contributed by atoms with van der Waals surface area (Å²) >= 11 is 0. The van der Waals surface area contributed by atoms with E-state index in [0.717, 1.165) is 0 Å². The minimum atomic E-state index is -1.04. The van der Waals surface area contributed by atoms with Gasteiger partial charge in [0.1, 0.15) is 11.5 Å². The Morgan fingerprint density at radius 3 is 2.65 bits per heavy atom. The fourth-order valence-corrected chi connectivity index (χ4v) is 4.83. The molecule has 0 fully saturated rings. The van der Waals surface area contributed by atoms with Crippen molar-refractivity contribution in [3.8, 4) is 0 Å². The fraction of sp³-hybridized carbons (Fsp3) is 0.385. The highest BCUT2D eigenvalue weighted by Crippen LogP contribution is 2.45. The summed E-state index contributed by atoms with van der Waals surface area (Å²) in [5, 5.41) is 3.51. The number of Topliss-reactive ketones (excluding diaryl/α,β-unsaturated/α-hetero) is 1. The number of hydrogen-bond acceptors (Lipinski definition) is 8. The van der Waals surface area contributed by atoms with Crippen LogP contribution < -0.4 is 10.7 Å². The van der Waals surface area contributed by atoms with Crippen LogP contribution in [0.25, 0.3) is 11.0 Å². The van der Waals surface area contributed by atoms with Gasteiger partial charge in [-0.15, -0.1) is 0 Å². The predicted molar refractivity (Wildman–Crippen MR) is 124 cm³/mol. The molecule has 0 saturated heterocycles. The zero-order chi connectivity index (χ0) is 24.6. The van der Waals surface area contributed by atoms with E-state index in [1.54, 1.807) is 38.1 Å². The second kappa shape index (κ2) is 9.29. The number of ether oxygens (including phenoxy) is 2. The molecule has 178 valence electrons. The van der Waals surface area contributed by atoms with E-state index >= 15 is 0 Å². The number of ketones is 1. The molecular weight excluding hydrogens is 438 g/mol. The molecule has 1 aromatic heterocycles. The maximum atomic E-state index is 13.7. The Hall–Kier alpha value is -3.68. The van der Waals surface area contributed by atoms with Crippen LogP contribution in [0.1, 0.15) is 45.1 Å². The average Bonchev–Trinajstić information content (AvgIpc) is 2.82. The quantitative estimate of drug-likeness (QED) is 0.529. The summed E-state index contributed by atoms with van der Waals surface area (Å²) in [4.78, 5) is 52.9. The lowest BCUT2D eigenvalue weighted by atomic mass is 9.69. The number of benzene rings is 1. The first-order valence-electron chi connectivity index (χ1n) is 11.3. The number of methoxy groups -OCH3 is 1. The summed E-state index contributed by atoms with van der Waals surface area (Å²) in [5.41, 5.74) is 1.61. The first kappa shape index (κ1) is 23.5. The maximum Gasteiger partial charge on any atom is 0.336 e. The van der Waals surface area contributed by atoms with Crippen molar-refractivity contribution >= 4 is 28.7 Å². The lowest BCUT2D eigenvalue weighted by Crippen LogP contribution is -2.44. The van der Waals surface area contributed by atoms with Crippen molar-refractivity contribution in [3.05, 3.63) is 68.9 Å². The van der Waals surface area contributed by atoms with Gasteiger partial charge in [0, 0.05) is 22.5 Å². The van der Waals surface area contributed by atoms with Crippen LogP contribution in [0.3, 0.4) is 0 Å². The van der Waals surface area contributed by atoms with E-state index in [4.69, 9.17) is 13.9 Å². The number of fused-ring (bicyclic) bond motifs is 1. The standard InChI is InChI=1S/C26H27NO7/c1-5-10-33-26(31)20-14(3)27-17-11-13(2)19(25(30)32-4)24(29)22(17)21(20)16-12-34-18-9-7-6-8-15(18)23(16)28/h6-9,12-13,19,21,27H,5,10-11H2,1-4H3/t13-,19+,21+/m0/s1. The molecule has 0 radical (unpaired) electrons. The second-order valence-electron chi connectivity index (χ2n) is 8.69. The number of para-hydroxylation sites is 1. The first-order chi connectivity index (χ1) is 16.3. The van der Waals surface area contributed by atoms with Crippen LogP contribution in [0.4, 0.5) is 0 Å². The van der Waals surface area contributed by atoms with Crippen molar-refractivity contribution in [3.63, 3.8) is 0 Å². The molecule has 1 N–H and O–H groups in total. The molecule has 0 bridgehead atoms. The lowest BCUT2D eigenvalue weighted by molar-refractivity contribution is -0.151. The van der Waals surface area contributed by atoms with Gasteiger partial charge in [0.25, 0.3) is 0 Å². The summed E-state index contributed by atoms with van der Waals surface area (Å²) in [6.45, 7) is 5.57. The van der Waals surface area contributed by atoms with E-state index in [1.807, 2.05) is 6.92 Å².